The lowest BCUT2D eigenvalue weighted by atomic mass is 9.99. The maximum Gasteiger partial charge on any atom is 0.318 e. The number of fused-ring (bicyclic) bond motifs is 2. The van der Waals surface area contributed by atoms with Gasteiger partial charge in [0.15, 0.2) is 0 Å². The van der Waals surface area contributed by atoms with E-state index in [2.05, 4.69) is 51.3 Å². The number of anilines is 2. The number of ether oxygens (including phenoxy) is 1. The molecule has 212 valence electrons. The van der Waals surface area contributed by atoms with Crippen molar-refractivity contribution in [2.45, 2.75) is 57.7 Å². The van der Waals surface area contributed by atoms with Crippen LogP contribution in [-0.2, 0) is 13.0 Å². The summed E-state index contributed by atoms with van der Waals surface area (Å²) in [7, 11) is 1.70. The summed E-state index contributed by atoms with van der Waals surface area (Å²) in [6, 6.07) is 4.24. The van der Waals surface area contributed by atoms with Crippen molar-refractivity contribution in [3.8, 4) is 12.1 Å². The molecular formula is C28H35F2N9O. The van der Waals surface area contributed by atoms with Crippen LogP contribution in [0, 0.1) is 25.2 Å². The van der Waals surface area contributed by atoms with Crippen molar-refractivity contribution >= 4 is 22.4 Å². The lowest BCUT2D eigenvalue weighted by Gasteiger charge is -2.37. The van der Waals surface area contributed by atoms with E-state index in [4.69, 9.17) is 14.7 Å². The van der Waals surface area contributed by atoms with E-state index in [1.807, 2.05) is 6.20 Å². The second-order valence-corrected chi connectivity index (χ2v) is 11.3. The number of rotatable bonds is 6. The van der Waals surface area contributed by atoms with E-state index in [9.17, 15) is 14.0 Å². The van der Waals surface area contributed by atoms with E-state index < -0.39 is 12.0 Å². The quantitative estimate of drug-likeness (QED) is 0.478. The van der Waals surface area contributed by atoms with Gasteiger partial charge in [0.25, 0.3) is 5.92 Å². The van der Waals surface area contributed by atoms with Crippen LogP contribution in [0.2, 0.25) is 0 Å². The second-order valence-electron chi connectivity index (χ2n) is 11.3. The molecule has 12 heteroatoms. The third kappa shape index (κ3) is 5.04. The first-order chi connectivity index (χ1) is 19.2. The number of nitriles is 1. The third-order valence-corrected chi connectivity index (χ3v) is 8.51. The SMILES string of the molecule is Cc1cc2[nH]ncc2c(N2CCc3c(nc(OC[C@@H]4CC(F)(F)CN4C)nc3N3CCN[C@@H](CC#N)C3)C2)c1C. The van der Waals surface area contributed by atoms with Gasteiger partial charge in [-0.1, -0.05) is 0 Å². The molecule has 3 aliphatic rings. The summed E-state index contributed by atoms with van der Waals surface area (Å²) in [4.78, 5) is 15.9. The number of H-pyrrole nitrogens is 1. The molecule has 10 nitrogen and oxygen atoms in total. The average molecular weight is 552 g/mol. The minimum absolute atomic E-state index is 0.0486. The topological polar surface area (TPSA) is 109 Å². The molecular weight excluding hydrogens is 516 g/mol. The van der Waals surface area contributed by atoms with E-state index in [1.165, 1.54) is 11.1 Å². The van der Waals surface area contributed by atoms with Gasteiger partial charge in [0, 0.05) is 55.6 Å². The lowest BCUT2D eigenvalue weighted by Crippen LogP contribution is -2.51. The molecule has 0 radical (unpaired) electrons. The number of piperazine rings is 1. The van der Waals surface area contributed by atoms with Crippen molar-refractivity contribution in [1.29, 1.82) is 5.26 Å². The normalized spacial score (nSPS) is 22.9. The molecule has 2 N–H and O–H groups in total. The summed E-state index contributed by atoms with van der Waals surface area (Å²) in [5.41, 5.74) is 6.49. The first-order valence-corrected chi connectivity index (χ1v) is 13.9. The Morgan fingerprint density at radius 3 is 2.85 bits per heavy atom. The molecule has 6 rings (SSSR count). The van der Waals surface area contributed by atoms with E-state index in [0.29, 0.717) is 19.5 Å². The van der Waals surface area contributed by atoms with E-state index >= 15 is 0 Å². The molecule has 0 bridgehead atoms. The number of alkyl halides is 2. The molecule has 40 heavy (non-hydrogen) atoms. The van der Waals surface area contributed by atoms with Gasteiger partial charge in [-0.3, -0.25) is 10.00 Å². The Hall–Kier alpha value is -3.56. The highest BCUT2D eigenvalue weighted by atomic mass is 19.3. The maximum absolute atomic E-state index is 14.0. The van der Waals surface area contributed by atoms with E-state index in [1.54, 1.807) is 11.9 Å². The largest absolute Gasteiger partial charge is 0.462 e. The molecule has 0 amide bonds. The molecule has 1 aromatic carbocycles. The van der Waals surface area contributed by atoms with Crippen LogP contribution in [0.15, 0.2) is 12.3 Å². The fraction of sp³-hybridized carbons (Fsp3) is 0.571. The number of likely N-dealkylation sites (N-methyl/N-ethyl adjacent to an activating group) is 1. The van der Waals surface area contributed by atoms with Crippen LogP contribution in [0.5, 0.6) is 6.01 Å². The standard InChI is InChI=1S/C28H35F2N9O/c1-17-10-23-22(12-33-36-23)25(18(17)2)38-8-5-21-24(14-38)34-27(40-15-20-11-28(29,30)16-37(20)3)35-26(21)39-9-7-32-19(13-39)4-6-31/h10,12,19-20,32H,4-5,7-9,11,13-16H2,1-3H3,(H,33,36)/t19-,20-/m0/s1. The van der Waals surface area contributed by atoms with Gasteiger partial charge < -0.3 is 19.9 Å². The highest BCUT2D eigenvalue weighted by Crippen LogP contribution is 2.37. The van der Waals surface area contributed by atoms with Gasteiger partial charge in [0.05, 0.1) is 48.7 Å². The van der Waals surface area contributed by atoms with Gasteiger partial charge in [0.2, 0.25) is 0 Å². The summed E-state index contributed by atoms with van der Waals surface area (Å²) in [5.74, 6) is -1.89. The summed E-state index contributed by atoms with van der Waals surface area (Å²) < 4.78 is 34.0. The van der Waals surface area contributed by atoms with Crippen LogP contribution >= 0.6 is 0 Å². The average Bonchev–Trinajstić information content (AvgIpc) is 3.49. The Labute approximate surface area is 232 Å². The molecule has 2 saturated heterocycles. The molecule has 2 atom stereocenters. The Morgan fingerprint density at radius 2 is 2.08 bits per heavy atom. The Kier molecular flexibility index (Phi) is 6.96. The van der Waals surface area contributed by atoms with Crippen LogP contribution in [-0.4, -0.2) is 89.4 Å². The molecule has 2 fully saturated rings. The number of aromatic nitrogens is 4. The summed E-state index contributed by atoms with van der Waals surface area (Å²) in [6.45, 7) is 7.58. The first-order valence-electron chi connectivity index (χ1n) is 13.9. The van der Waals surface area contributed by atoms with Gasteiger partial charge in [-0.15, -0.1) is 0 Å². The van der Waals surface area contributed by atoms with Crippen LogP contribution in [0.25, 0.3) is 10.9 Å². The number of nitrogens with zero attached hydrogens (tertiary/aromatic N) is 7. The number of hydrogen-bond acceptors (Lipinski definition) is 9. The number of hydrogen-bond donors (Lipinski definition) is 2. The van der Waals surface area contributed by atoms with Gasteiger partial charge >= 0.3 is 6.01 Å². The van der Waals surface area contributed by atoms with Crippen molar-refractivity contribution in [3.05, 3.63) is 34.6 Å². The van der Waals surface area contributed by atoms with Crippen molar-refractivity contribution in [2.75, 3.05) is 56.2 Å². The molecule has 2 aromatic heterocycles. The van der Waals surface area contributed by atoms with Crippen LogP contribution in [0.4, 0.5) is 20.3 Å². The minimum atomic E-state index is -2.72. The second kappa shape index (κ2) is 10.4. The third-order valence-electron chi connectivity index (χ3n) is 8.51. The van der Waals surface area contributed by atoms with Crippen molar-refractivity contribution < 1.29 is 13.5 Å². The number of aromatic amines is 1. The zero-order chi connectivity index (χ0) is 28.0. The van der Waals surface area contributed by atoms with Crippen molar-refractivity contribution in [2.24, 2.45) is 0 Å². The number of likely N-dealkylation sites (tertiary alicyclic amines) is 1. The molecule has 5 heterocycles. The Balaban J connectivity index is 1.33. The lowest BCUT2D eigenvalue weighted by molar-refractivity contribution is 0.0136. The fourth-order valence-corrected chi connectivity index (χ4v) is 6.30. The number of nitrogens with one attached hydrogen (secondary N) is 2. The van der Waals surface area contributed by atoms with Crippen LogP contribution in [0.1, 0.15) is 35.2 Å². The molecule has 0 saturated carbocycles. The van der Waals surface area contributed by atoms with E-state index in [-0.39, 0.29) is 31.6 Å². The summed E-state index contributed by atoms with van der Waals surface area (Å²) >= 11 is 0. The fourth-order valence-electron chi connectivity index (χ4n) is 6.30. The molecule has 0 spiro atoms. The highest BCUT2D eigenvalue weighted by Gasteiger charge is 2.43. The number of aryl methyl sites for hydroxylation is 1. The maximum atomic E-state index is 14.0. The van der Waals surface area contributed by atoms with Crippen LogP contribution in [0.3, 0.4) is 0 Å². The molecule has 0 unspecified atom stereocenters. The first kappa shape index (κ1) is 26.7. The Morgan fingerprint density at radius 1 is 1.23 bits per heavy atom. The monoisotopic (exact) mass is 551 g/mol. The van der Waals surface area contributed by atoms with E-state index in [0.717, 1.165) is 59.7 Å². The highest BCUT2D eigenvalue weighted by molar-refractivity contribution is 5.94. The smallest absolute Gasteiger partial charge is 0.318 e. The Bertz CT molecular complexity index is 1450. The van der Waals surface area contributed by atoms with Crippen molar-refractivity contribution in [3.63, 3.8) is 0 Å². The minimum Gasteiger partial charge on any atom is -0.462 e. The van der Waals surface area contributed by atoms with Gasteiger partial charge in [-0.05, 0) is 44.5 Å². The summed E-state index contributed by atoms with van der Waals surface area (Å²) in [6.07, 6.45) is 2.80. The zero-order valence-corrected chi connectivity index (χ0v) is 23.2. The molecule has 3 aliphatic heterocycles. The van der Waals surface area contributed by atoms with Crippen molar-refractivity contribution in [1.82, 2.24) is 30.4 Å². The number of halogens is 2. The number of benzene rings is 1. The van der Waals surface area contributed by atoms with Gasteiger partial charge in [0.1, 0.15) is 12.4 Å². The summed E-state index contributed by atoms with van der Waals surface area (Å²) in [5, 5.41) is 21.1. The molecule has 0 aliphatic carbocycles. The zero-order valence-electron chi connectivity index (χ0n) is 23.2. The predicted molar refractivity (Wildman–Crippen MR) is 148 cm³/mol. The van der Waals surface area contributed by atoms with Crippen LogP contribution < -0.4 is 19.9 Å². The van der Waals surface area contributed by atoms with Gasteiger partial charge in [-0.2, -0.15) is 20.3 Å². The van der Waals surface area contributed by atoms with Gasteiger partial charge in [-0.25, -0.2) is 8.78 Å². The predicted octanol–water partition coefficient (Wildman–Crippen LogP) is 2.94. The molecule has 3 aromatic rings.